The van der Waals surface area contributed by atoms with Gasteiger partial charge in [0.25, 0.3) is 0 Å². The SMILES string of the molecule is CCC(O)CN1CC(CN)CCC1C. The fourth-order valence-electron chi connectivity index (χ4n) is 2.11. The summed E-state index contributed by atoms with van der Waals surface area (Å²) in [4.78, 5) is 2.38. The van der Waals surface area contributed by atoms with Crippen LogP contribution in [0.4, 0.5) is 0 Å². The Morgan fingerprint density at radius 2 is 2.21 bits per heavy atom. The van der Waals surface area contributed by atoms with E-state index < -0.39 is 0 Å². The van der Waals surface area contributed by atoms with Crippen LogP contribution in [0.5, 0.6) is 0 Å². The number of rotatable bonds is 4. The summed E-state index contributed by atoms with van der Waals surface area (Å²) in [6.45, 7) is 6.93. The van der Waals surface area contributed by atoms with E-state index in [1.807, 2.05) is 6.92 Å². The number of likely N-dealkylation sites (tertiary alicyclic amines) is 1. The lowest BCUT2D eigenvalue weighted by Gasteiger charge is -2.38. The van der Waals surface area contributed by atoms with Gasteiger partial charge in [0.05, 0.1) is 6.10 Å². The van der Waals surface area contributed by atoms with Crippen molar-refractivity contribution in [1.29, 1.82) is 0 Å². The maximum atomic E-state index is 9.61. The van der Waals surface area contributed by atoms with Gasteiger partial charge in [-0.25, -0.2) is 0 Å². The number of piperidine rings is 1. The first-order chi connectivity index (χ1) is 6.67. The molecule has 3 N–H and O–H groups in total. The van der Waals surface area contributed by atoms with Crippen LogP contribution in [0, 0.1) is 5.92 Å². The van der Waals surface area contributed by atoms with Gasteiger partial charge in [-0.2, -0.15) is 0 Å². The number of hydrogen-bond acceptors (Lipinski definition) is 3. The minimum absolute atomic E-state index is 0.172. The molecule has 3 atom stereocenters. The third-order valence-electron chi connectivity index (χ3n) is 3.36. The van der Waals surface area contributed by atoms with Crippen molar-refractivity contribution in [3.05, 3.63) is 0 Å². The van der Waals surface area contributed by atoms with Crippen LogP contribution >= 0.6 is 0 Å². The first-order valence-corrected chi connectivity index (χ1v) is 5.79. The molecular formula is C11H24N2O. The molecule has 0 aromatic rings. The van der Waals surface area contributed by atoms with Crippen molar-refractivity contribution in [2.75, 3.05) is 19.6 Å². The van der Waals surface area contributed by atoms with Gasteiger partial charge < -0.3 is 10.8 Å². The Kier molecular flexibility index (Phi) is 4.85. The van der Waals surface area contributed by atoms with Gasteiger partial charge in [-0.15, -0.1) is 0 Å². The molecule has 3 nitrogen and oxygen atoms in total. The maximum absolute atomic E-state index is 9.61. The van der Waals surface area contributed by atoms with E-state index in [0.29, 0.717) is 12.0 Å². The third-order valence-corrected chi connectivity index (χ3v) is 3.36. The standard InChI is InChI=1S/C11H24N2O/c1-3-11(14)8-13-7-10(6-12)5-4-9(13)2/h9-11,14H,3-8,12H2,1-2H3. The zero-order valence-corrected chi connectivity index (χ0v) is 9.45. The lowest BCUT2D eigenvalue weighted by Crippen LogP contribution is -2.46. The Hall–Kier alpha value is -0.120. The Labute approximate surface area is 87.3 Å². The van der Waals surface area contributed by atoms with Crippen molar-refractivity contribution in [2.45, 2.75) is 45.3 Å². The van der Waals surface area contributed by atoms with Crippen LogP contribution < -0.4 is 5.73 Å². The number of nitrogens with zero attached hydrogens (tertiary/aromatic N) is 1. The summed E-state index contributed by atoms with van der Waals surface area (Å²) < 4.78 is 0. The highest BCUT2D eigenvalue weighted by atomic mass is 16.3. The van der Waals surface area contributed by atoms with Crippen LogP contribution in [0.25, 0.3) is 0 Å². The maximum Gasteiger partial charge on any atom is 0.0664 e. The summed E-state index contributed by atoms with van der Waals surface area (Å²) in [5.74, 6) is 0.634. The highest BCUT2D eigenvalue weighted by Crippen LogP contribution is 2.21. The van der Waals surface area contributed by atoms with Gasteiger partial charge in [-0.1, -0.05) is 6.92 Å². The third kappa shape index (κ3) is 3.23. The van der Waals surface area contributed by atoms with E-state index >= 15 is 0 Å². The van der Waals surface area contributed by atoms with Crippen molar-refractivity contribution in [2.24, 2.45) is 11.7 Å². The molecule has 1 aliphatic rings. The van der Waals surface area contributed by atoms with Crippen LogP contribution in [-0.4, -0.2) is 41.8 Å². The summed E-state index contributed by atoms with van der Waals surface area (Å²) in [6, 6.07) is 0.610. The Morgan fingerprint density at radius 1 is 1.50 bits per heavy atom. The van der Waals surface area contributed by atoms with E-state index in [-0.39, 0.29) is 6.10 Å². The second-order valence-electron chi connectivity index (χ2n) is 4.54. The zero-order chi connectivity index (χ0) is 10.6. The molecule has 0 aliphatic carbocycles. The van der Waals surface area contributed by atoms with Crippen LogP contribution in [0.15, 0.2) is 0 Å². The first-order valence-electron chi connectivity index (χ1n) is 5.79. The van der Waals surface area contributed by atoms with Gasteiger partial charge in [-0.05, 0) is 38.6 Å². The lowest BCUT2D eigenvalue weighted by atomic mass is 9.93. The highest BCUT2D eigenvalue weighted by molar-refractivity contribution is 4.80. The van der Waals surface area contributed by atoms with Gasteiger partial charge in [0.2, 0.25) is 0 Å². The molecule has 0 spiro atoms. The number of β-amino-alcohol motifs (C(OH)–C–C–N with tert-alkyl or cyclic N) is 1. The van der Waals surface area contributed by atoms with E-state index in [2.05, 4.69) is 11.8 Å². The molecule has 1 aliphatic heterocycles. The molecule has 3 heteroatoms. The van der Waals surface area contributed by atoms with E-state index in [0.717, 1.165) is 26.1 Å². The number of nitrogens with two attached hydrogens (primary N) is 1. The molecule has 14 heavy (non-hydrogen) atoms. The van der Waals surface area contributed by atoms with E-state index in [1.165, 1.54) is 12.8 Å². The smallest absolute Gasteiger partial charge is 0.0664 e. The van der Waals surface area contributed by atoms with Crippen LogP contribution in [-0.2, 0) is 0 Å². The normalized spacial score (nSPS) is 31.7. The summed E-state index contributed by atoms with van der Waals surface area (Å²) >= 11 is 0. The average Bonchev–Trinajstić information content (AvgIpc) is 2.21. The Bertz CT molecular complexity index is 161. The predicted molar refractivity (Wildman–Crippen MR) is 59.1 cm³/mol. The van der Waals surface area contributed by atoms with Crippen molar-refractivity contribution in [3.63, 3.8) is 0 Å². The van der Waals surface area contributed by atoms with Gasteiger partial charge in [-0.3, -0.25) is 4.90 Å². The topological polar surface area (TPSA) is 49.5 Å². The second kappa shape index (κ2) is 5.69. The van der Waals surface area contributed by atoms with Crippen molar-refractivity contribution >= 4 is 0 Å². The average molecular weight is 200 g/mol. The molecule has 0 saturated carbocycles. The molecule has 1 saturated heterocycles. The first kappa shape index (κ1) is 12.0. The quantitative estimate of drug-likeness (QED) is 0.706. The molecular weight excluding hydrogens is 176 g/mol. The van der Waals surface area contributed by atoms with Gasteiger partial charge in [0.1, 0.15) is 0 Å². The molecule has 1 fully saturated rings. The lowest BCUT2D eigenvalue weighted by molar-refractivity contribution is 0.0538. The van der Waals surface area contributed by atoms with Crippen LogP contribution in [0.2, 0.25) is 0 Å². The molecule has 0 aromatic carbocycles. The van der Waals surface area contributed by atoms with Crippen LogP contribution in [0.3, 0.4) is 0 Å². The van der Waals surface area contributed by atoms with Gasteiger partial charge in [0, 0.05) is 19.1 Å². The monoisotopic (exact) mass is 200 g/mol. The Morgan fingerprint density at radius 3 is 2.79 bits per heavy atom. The largest absolute Gasteiger partial charge is 0.392 e. The van der Waals surface area contributed by atoms with Crippen molar-refractivity contribution < 1.29 is 5.11 Å². The van der Waals surface area contributed by atoms with Crippen molar-refractivity contribution in [3.8, 4) is 0 Å². The molecule has 1 heterocycles. The second-order valence-corrected chi connectivity index (χ2v) is 4.54. The number of hydrogen-bond donors (Lipinski definition) is 2. The highest BCUT2D eigenvalue weighted by Gasteiger charge is 2.25. The van der Waals surface area contributed by atoms with E-state index in [9.17, 15) is 5.11 Å². The van der Waals surface area contributed by atoms with Crippen molar-refractivity contribution in [1.82, 2.24) is 4.90 Å². The summed E-state index contributed by atoms with van der Waals surface area (Å²) in [5, 5.41) is 9.61. The molecule has 0 bridgehead atoms. The number of aliphatic hydroxyl groups excluding tert-OH is 1. The fraction of sp³-hybridized carbons (Fsp3) is 1.00. The zero-order valence-electron chi connectivity index (χ0n) is 9.45. The van der Waals surface area contributed by atoms with E-state index in [1.54, 1.807) is 0 Å². The number of aliphatic hydroxyl groups is 1. The minimum atomic E-state index is -0.172. The summed E-state index contributed by atoms with van der Waals surface area (Å²) in [7, 11) is 0. The Balaban J connectivity index is 2.40. The van der Waals surface area contributed by atoms with Gasteiger partial charge >= 0.3 is 0 Å². The molecule has 1 rings (SSSR count). The summed E-state index contributed by atoms with van der Waals surface area (Å²) in [5.41, 5.74) is 5.69. The molecule has 0 amide bonds. The molecule has 3 unspecified atom stereocenters. The molecule has 0 radical (unpaired) electrons. The van der Waals surface area contributed by atoms with Gasteiger partial charge in [0.15, 0.2) is 0 Å². The van der Waals surface area contributed by atoms with Crippen LogP contribution in [0.1, 0.15) is 33.1 Å². The van der Waals surface area contributed by atoms with E-state index in [4.69, 9.17) is 5.73 Å². The predicted octanol–water partition coefficient (Wildman–Crippen LogP) is 0.816. The minimum Gasteiger partial charge on any atom is -0.392 e. The molecule has 84 valence electrons. The fourth-order valence-corrected chi connectivity index (χ4v) is 2.11. The molecule has 0 aromatic heterocycles. The summed E-state index contributed by atoms with van der Waals surface area (Å²) in [6.07, 6.45) is 3.14.